The van der Waals surface area contributed by atoms with Gasteiger partial charge < -0.3 is 23.5 Å². The van der Waals surface area contributed by atoms with Gasteiger partial charge in [-0.15, -0.1) is 0 Å². The van der Waals surface area contributed by atoms with Gasteiger partial charge in [-0.3, -0.25) is 18.9 Å². The van der Waals surface area contributed by atoms with Crippen LogP contribution in [0, 0.1) is 17.8 Å². The molecule has 3 aromatic rings. The second kappa shape index (κ2) is 16.5. The summed E-state index contributed by atoms with van der Waals surface area (Å²) in [5.74, 6) is -2.13. The number of nitrogens with zero attached hydrogens (tertiary/aromatic N) is 4. The topological polar surface area (TPSA) is 178 Å². The molecule has 2 aromatic heterocycles. The van der Waals surface area contributed by atoms with Crippen molar-refractivity contribution < 1.29 is 46.9 Å². The Morgan fingerprint density at radius 1 is 0.959 bits per heavy atom. The second-order valence-corrected chi connectivity index (χ2v) is 14.1. The number of aromatic nitrogens is 3. The van der Waals surface area contributed by atoms with Crippen LogP contribution in [0.3, 0.4) is 0 Å². The first-order valence-corrected chi connectivity index (χ1v) is 17.5. The Hall–Kier alpha value is -4.17. The Bertz CT molecular complexity index is 1680. The maximum absolute atomic E-state index is 14.1. The lowest BCUT2D eigenvalue weighted by atomic mass is 10.0. The van der Waals surface area contributed by atoms with E-state index in [1.807, 2.05) is 13.8 Å². The Labute approximate surface area is 285 Å². The highest BCUT2D eigenvalue weighted by Gasteiger charge is 2.52. The van der Waals surface area contributed by atoms with E-state index >= 15 is 0 Å². The van der Waals surface area contributed by atoms with Gasteiger partial charge in [0.15, 0.2) is 18.0 Å². The zero-order chi connectivity index (χ0) is 35.9. The summed E-state index contributed by atoms with van der Waals surface area (Å²) in [4.78, 5) is 47.1. The van der Waals surface area contributed by atoms with Crippen molar-refractivity contribution in [2.45, 2.75) is 78.9 Å². The molecule has 1 aromatic carbocycles. The van der Waals surface area contributed by atoms with Gasteiger partial charge in [-0.25, -0.2) is 19.1 Å². The first-order chi connectivity index (χ1) is 23.2. The molecule has 0 amide bonds. The third kappa shape index (κ3) is 9.50. The Balaban J connectivity index is 1.75. The molecule has 0 bridgehead atoms. The summed E-state index contributed by atoms with van der Waals surface area (Å²) in [7, 11) is -3.13. The molecule has 1 aliphatic heterocycles. The minimum atomic E-state index is -4.32. The van der Waals surface area contributed by atoms with Crippen LogP contribution in [0.25, 0.3) is 5.52 Å². The van der Waals surface area contributed by atoms with Crippen LogP contribution in [0.1, 0.15) is 60.3 Å². The lowest BCUT2D eigenvalue weighted by Crippen LogP contribution is -2.42. The summed E-state index contributed by atoms with van der Waals surface area (Å²) in [5, 5.41) is 7.00. The van der Waals surface area contributed by atoms with E-state index in [2.05, 4.69) is 20.2 Å². The van der Waals surface area contributed by atoms with Crippen LogP contribution in [0.5, 0.6) is 5.75 Å². The summed E-state index contributed by atoms with van der Waals surface area (Å²) >= 11 is 0. The quantitative estimate of drug-likeness (QED) is 0.0968. The lowest BCUT2D eigenvalue weighted by molar-refractivity contribution is -0.171. The van der Waals surface area contributed by atoms with Crippen molar-refractivity contribution in [2.24, 2.45) is 22.7 Å². The molecule has 15 nitrogen and oxygen atoms in total. The number of carbonyl (C=O) groups is 3. The van der Waals surface area contributed by atoms with Gasteiger partial charge in [0.05, 0.1) is 31.2 Å². The third-order valence-corrected chi connectivity index (χ3v) is 8.93. The lowest BCUT2D eigenvalue weighted by Gasteiger charge is -2.27. The number of rotatable bonds is 15. The van der Waals surface area contributed by atoms with E-state index in [9.17, 15) is 18.9 Å². The van der Waals surface area contributed by atoms with Crippen molar-refractivity contribution in [3.8, 4) is 5.75 Å². The molecule has 1 fully saturated rings. The molecule has 6 atom stereocenters. The number of ether oxygens (including phenoxy) is 4. The van der Waals surface area contributed by atoms with E-state index < -0.39 is 74.6 Å². The third-order valence-electron chi connectivity index (χ3n) is 7.29. The average molecular weight is 702 g/mol. The highest BCUT2D eigenvalue weighted by atomic mass is 31.2. The normalized spacial score (nSPS) is 21.3. The van der Waals surface area contributed by atoms with E-state index in [4.69, 9.17) is 28.0 Å². The van der Waals surface area contributed by atoms with Crippen molar-refractivity contribution in [1.29, 1.82) is 0 Å². The molecule has 0 radical (unpaired) electrons. The molecule has 0 spiro atoms. The first kappa shape index (κ1) is 37.6. The second-order valence-electron chi connectivity index (χ2n) is 12.4. The van der Waals surface area contributed by atoms with Crippen LogP contribution in [0.4, 0.5) is 5.82 Å². The average Bonchev–Trinajstić information content (AvgIpc) is 3.63. The number of methoxy groups -OCH3 is 1. The smallest absolute Gasteiger partial charge is 0.459 e. The summed E-state index contributed by atoms with van der Waals surface area (Å²) in [6.07, 6.45) is -1.44. The predicted molar refractivity (Wildman–Crippen MR) is 178 cm³/mol. The molecule has 0 saturated carbocycles. The number of fused-ring (bicyclic) bond motifs is 1. The zero-order valence-electron chi connectivity index (χ0n) is 28.8. The number of hydrogen-bond donors (Lipinski definition) is 1. The molecule has 16 heteroatoms. The van der Waals surface area contributed by atoms with Crippen molar-refractivity contribution in [3.63, 3.8) is 0 Å². The monoisotopic (exact) mass is 701 g/mol. The molecule has 0 aliphatic carbocycles. The summed E-state index contributed by atoms with van der Waals surface area (Å²) < 4.78 is 50.5. The fourth-order valence-electron chi connectivity index (χ4n) is 4.74. The highest BCUT2D eigenvalue weighted by Crippen LogP contribution is 2.47. The highest BCUT2D eigenvalue weighted by molar-refractivity contribution is 7.52. The molecule has 4 rings (SSSR count). The number of nitrogens with one attached hydrogen (secondary N) is 1. The minimum Gasteiger partial charge on any atom is -0.468 e. The number of benzene rings is 1. The Morgan fingerprint density at radius 2 is 1.61 bits per heavy atom. The van der Waals surface area contributed by atoms with Gasteiger partial charge in [0.1, 0.15) is 35.8 Å². The van der Waals surface area contributed by atoms with Crippen molar-refractivity contribution in [1.82, 2.24) is 19.7 Å². The van der Waals surface area contributed by atoms with E-state index in [1.54, 1.807) is 80.9 Å². The molecule has 0 unspecified atom stereocenters. The number of aliphatic imine (C=N–C) groups is 1. The number of hydrogen-bond acceptors (Lipinski definition) is 13. The molecule has 1 N–H and O–H groups in total. The van der Waals surface area contributed by atoms with Crippen LogP contribution in [-0.4, -0.2) is 76.8 Å². The Morgan fingerprint density at radius 3 is 2.22 bits per heavy atom. The largest absolute Gasteiger partial charge is 0.468 e. The minimum absolute atomic E-state index is 0.173. The molecule has 1 aliphatic rings. The SMILES string of the molecule is COC(=O)[C@H](C)N[P@](=O)(OC[C@H]1O[C@@H](c2ccc3c(/N=C/C(C)C)ncnn23)[C@H](OC(=O)C(C)C)[C@@H]1OC(=O)C(C)C)Oc1ccccc1. The van der Waals surface area contributed by atoms with Gasteiger partial charge >= 0.3 is 25.7 Å². The fourth-order valence-corrected chi connectivity index (χ4v) is 6.24. The van der Waals surface area contributed by atoms with E-state index in [1.165, 1.54) is 20.4 Å². The summed E-state index contributed by atoms with van der Waals surface area (Å²) in [6.45, 7) is 11.6. The maximum atomic E-state index is 14.1. The maximum Gasteiger partial charge on any atom is 0.459 e. The van der Waals surface area contributed by atoms with Crippen molar-refractivity contribution >= 4 is 43.2 Å². The standard InChI is InChI=1S/C33H44N5O10P/c1-19(2)16-34-30-25-15-14-24(38(25)36-18-35-30)27-29(47-32(40)21(5)6)28(46-31(39)20(3)4)26(45-27)17-44-49(42,37-22(7)33(41)43-8)48-23-12-10-9-11-13-23/h9-16,18-22,26-29H,17H2,1-8H3,(H,37,42)/b34-16+/t22-,26+,27-,28+,29-,49-/m0/s1. The van der Waals surface area contributed by atoms with Gasteiger partial charge in [-0.1, -0.05) is 59.7 Å². The van der Waals surface area contributed by atoms with Crippen LogP contribution >= 0.6 is 7.75 Å². The Kier molecular flexibility index (Phi) is 12.7. The molecule has 49 heavy (non-hydrogen) atoms. The van der Waals surface area contributed by atoms with Crippen molar-refractivity contribution in [3.05, 3.63) is 54.5 Å². The number of carbonyl (C=O) groups excluding carboxylic acids is 3. The van der Waals surface area contributed by atoms with Gasteiger partial charge in [0.2, 0.25) is 0 Å². The van der Waals surface area contributed by atoms with Crippen molar-refractivity contribution in [2.75, 3.05) is 13.7 Å². The van der Waals surface area contributed by atoms with E-state index in [0.717, 1.165) is 0 Å². The molecular weight excluding hydrogens is 657 g/mol. The molecular formula is C33H44N5O10P. The zero-order valence-corrected chi connectivity index (χ0v) is 29.7. The van der Waals surface area contributed by atoms with E-state index in [0.29, 0.717) is 17.0 Å². The van der Waals surface area contributed by atoms with Gasteiger partial charge in [-0.2, -0.15) is 10.2 Å². The summed E-state index contributed by atoms with van der Waals surface area (Å²) in [6, 6.07) is 10.6. The van der Waals surface area contributed by atoms with Gasteiger partial charge in [-0.05, 0) is 37.1 Å². The molecule has 1 saturated heterocycles. The van der Waals surface area contributed by atoms with Gasteiger partial charge in [0.25, 0.3) is 0 Å². The van der Waals surface area contributed by atoms with E-state index in [-0.39, 0.29) is 11.7 Å². The van der Waals surface area contributed by atoms with Crippen LogP contribution in [0.2, 0.25) is 0 Å². The molecule has 3 heterocycles. The number of esters is 3. The fraction of sp³-hybridized carbons (Fsp3) is 0.515. The van der Waals surface area contributed by atoms with Crippen LogP contribution in [0.15, 0.2) is 53.8 Å². The van der Waals surface area contributed by atoms with Gasteiger partial charge in [0, 0.05) is 6.21 Å². The molecule has 266 valence electrons. The number of para-hydroxylation sites is 1. The van der Waals surface area contributed by atoms with Crippen LogP contribution in [-0.2, 0) is 42.4 Å². The van der Waals surface area contributed by atoms with Crippen LogP contribution < -0.4 is 9.61 Å². The summed E-state index contributed by atoms with van der Waals surface area (Å²) in [5.41, 5.74) is 1.01. The first-order valence-electron chi connectivity index (χ1n) is 16.0. The predicted octanol–water partition coefficient (Wildman–Crippen LogP) is 5.02.